The van der Waals surface area contributed by atoms with Crippen molar-refractivity contribution in [3.8, 4) is 22.6 Å². The van der Waals surface area contributed by atoms with Gasteiger partial charge in [-0.3, -0.25) is 4.79 Å². The first-order valence-electron chi connectivity index (χ1n) is 10.4. The summed E-state index contributed by atoms with van der Waals surface area (Å²) in [4.78, 5) is 37.9. The van der Waals surface area contributed by atoms with Crippen molar-refractivity contribution < 1.29 is 33.0 Å². The van der Waals surface area contributed by atoms with Crippen LogP contribution in [0, 0.1) is 0 Å². The quantitative estimate of drug-likeness (QED) is 0.485. The first kappa shape index (κ1) is 23.8. The number of ether oxygens (including phenoxy) is 4. The number of fused-ring (bicyclic) bond motifs is 1. The molecule has 0 amide bonds. The van der Waals surface area contributed by atoms with Gasteiger partial charge < -0.3 is 23.4 Å². The Balaban J connectivity index is 2.03. The van der Waals surface area contributed by atoms with Crippen LogP contribution in [0.5, 0.6) is 11.5 Å². The molecule has 0 spiro atoms. The van der Waals surface area contributed by atoms with Crippen LogP contribution in [0.15, 0.2) is 51.7 Å². The van der Waals surface area contributed by atoms with E-state index in [1.807, 2.05) is 0 Å². The number of carbonyl (C=O) groups excluding carboxylic acids is 2. The molecule has 0 N–H and O–H groups in total. The Morgan fingerprint density at radius 1 is 1.00 bits per heavy atom. The SMILES string of the molecule is CCOC(=O)c1oc2cc(OCC(=O)OC(C)(C)C)ccc2c(=O)c1-c1ccc(OC)cc1. The summed E-state index contributed by atoms with van der Waals surface area (Å²) < 4.78 is 26.8. The normalized spacial score (nSPS) is 11.2. The fraction of sp³-hybridized carbons (Fsp3) is 0.320. The van der Waals surface area contributed by atoms with E-state index in [-0.39, 0.29) is 41.3 Å². The maximum Gasteiger partial charge on any atom is 0.375 e. The molecule has 3 aromatic rings. The summed E-state index contributed by atoms with van der Waals surface area (Å²) in [6, 6.07) is 11.2. The molecule has 0 radical (unpaired) electrons. The summed E-state index contributed by atoms with van der Waals surface area (Å²) in [7, 11) is 1.53. The first-order chi connectivity index (χ1) is 15.6. The molecular formula is C25H26O8. The van der Waals surface area contributed by atoms with Crippen molar-refractivity contribution in [2.45, 2.75) is 33.3 Å². The fourth-order valence-electron chi connectivity index (χ4n) is 3.14. The minimum atomic E-state index is -0.762. The average Bonchev–Trinajstić information content (AvgIpc) is 2.76. The van der Waals surface area contributed by atoms with E-state index in [0.717, 1.165) is 0 Å². The summed E-state index contributed by atoms with van der Waals surface area (Å²) >= 11 is 0. The molecule has 33 heavy (non-hydrogen) atoms. The van der Waals surface area contributed by atoms with Crippen LogP contribution in [0.2, 0.25) is 0 Å². The average molecular weight is 454 g/mol. The van der Waals surface area contributed by atoms with Crippen molar-refractivity contribution in [2.24, 2.45) is 0 Å². The second kappa shape index (κ2) is 9.77. The maximum atomic E-state index is 13.3. The third-order valence-electron chi connectivity index (χ3n) is 4.48. The van der Waals surface area contributed by atoms with Gasteiger partial charge in [0.1, 0.15) is 22.7 Å². The second-order valence-corrected chi connectivity index (χ2v) is 8.12. The van der Waals surface area contributed by atoms with Crippen molar-refractivity contribution in [1.29, 1.82) is 0 Å². The topological polar surface area (TPSA) is 101 Å². The molecule has 0 aliphatic heterocycles. The van der Waals surface area contributed by atoms with Gasteiger partial charge in [-0.15, -0.1) is 0 Å². The molecular weight excluding hydrogens is 428 g/mol. The number of rotatable bonds is 7. The highest BCUT2D eigenvalue weighted by molar-refractivity contribution is 5.97. The van der Waals surface area contributed by atoms with Gasteiger partial charge in [0.15, 0.2) is 6.61 Å². The van der Waals surface area contributed by atoms with Crippen LogP contribution >= 0.6 is 0 Å². The smallest absolute Gasteiger partial charge is 0.375 e. The molecule has 0 aliphatic carbocycles. The minimum Gasteiger partial charge on any atom is -0.497 e. The highest BCUT2D eigenvalue weighted by atomic mass is 16.6. The Hall–Kier alpha value is -3.81. The van der Waals surface area contributed by atoms with E-state index in [1.165, 1.54) is 19.2 Å². The Morgan fingerprint density at radius 2 is 1.67 bits per heavy atom. The highest BCUT2D eigenvalue weighted by Gasteiger charge is 2.23. The molecule has 0 unspecified atom stereocenters. The van der Waals surface area contributed by atoms with Crippen LogP contribution in [0.1, 0.15) is 38.2 Å². The Morgan fingerprint density at radius 3 is 2.27 bits per heavy atom. The molecule has 0 fully saturated rings. The lowest BCUT2D eigenvalue weighted by molar-refractivity contribution is -0.157. The molecule has 1 aromatic heterocycles. The monoisotopic (exact) mass is 454 g/mol. The number of carbonyl (C=O) groups is 2. The largest absolute Gasteiger partial charge is 0.497 e. The second-order valence-electron chi connectivity index (χ2n) is 8.12. The zero-order valence-electron chi connectivity index (χ0n) is 19.2. The lowest BCUT2D eigenvalue weighted by Crippen LogP contribution is -2.27. The standard InChI is InChI=1S/C25H26O8/c1-6-30-24(28)23-21(15-7-9-16(29-5)10-8-15)22(27)18-12-11-17(13-19(18)32-23)31-14-20(26)33-25(2,3)4/h7-13H,6,14H2,1-5H3. The van der Waals surface area contributed by atoms with Gasteiger partial charge in [-0.1, -0.05) is 12.1 Å². The van der Waals surface area contributed by atoms with Gasteiger partial charge >= 0.3 is 11.9 Å². The van der Waals surface area contributed by atoms with E-state index in [2.05, 4.69) is 0 Å². The Labute approximate surface area is 191 Å². The molecule has 0 saturated carbocycles. The molecule has 8 nitrogen and oxygen atoms in total. The Bertz CT molecular complexity index is 1220. The van der Waals surface area contributed by atoms with E-state index in [9.17, 15) is 14.4 Å². The maximum absolute atomic E-state index is 13.3. The molecule has 2 aromatic carbocycles. The van der Waals surface area contributed by atoms with Crippen molar-refractivity contribution >= 4 is 22.9 Å². The van der Waals surface area contributed by atoms with Gasteiger partial charge in [0, 0.05) is 6.07 Å². The number of hydrogen-bond donors (Lipinski definition) is 0. The third-order valence-corrected chi connectivity index (χ3v) is 4.48. The summed E-state index contributed by atoms with van der Waals surface area (Å²) in [6.07, 6.45) is 0. The minimum absolute atomic E-state index is 0.0889. The first-order valence-corrected chi connectivity index (χ1v) is 10.4. The molecule has 0 atom stereocenters. The molecule has 8 heteroatoms. The van der Waals surface area contributed by atoms with Crippen molar-refractivity contribution in [3.63, 3.8) is 0 Å². The molecule has 0 saturated heterocycles. The van der Waals surface area contributed by atoms with E-state index in [0.29, 0.717) is 11.3 Å². The van der Waals surface area contributed by atoms with Crippen LogP contribution in [0.4, 0.5) is 0 Å². The van der Waals surface area contributed by atoms with Crippen LogP contribution < -0.4 is 14.9 Å². The molecule has 3 rings (SSSR count). The van der Waals surface area contributed by atoms with Crippen LogP contribution in [0.3, 0.4) is 0 Å². The number of methoxy groups -OCH3 is 1. The summed E-state index contributed by atoms with van der Waals surface area (Å²) in [6.45, 7) is 6.72. The van der Waals surface area contributed by atoms with Crippen molar-refractivity contribution in [1.82, 2.24) is 0 Å². The van der Waals surface area contributed by atoms with Gasteiger partial charge in [-0.05, 0) is 57.5 Å². The van der Waals surface area contributed by atoms with Gasteiger partial charge in [0.05, 0.1) is 24.7 Å². The Kier molecular flexibility index (Phi) is 7.06. The number of esters is 2. The third kappa shape index (κ3) is 5.71. The predicted octanol–water partition coefficient (Wildman–Crippen LogP) is 4.37. The molecule has 174 valence electrons. The lowest BCUT2D eigenvalue weighted by Gasteiger charge is -2.19. The van der Waals surface area contributed by atoms with Gasteiger partial charge in [-0.2, -0.15) is 0 Å². The van der Waals surface area contributed by atoms with Crippen molar-refractivity contribution in [3.05, 3.63) is 58.4 Å². The number of hydrogen-bond acceptors (Lipinski definition) is 8. The van der Waals surface area contributed by atoms with E-state index < -0.39 is 23.0 Å². The predicted molar refractivity (Wildman–Crippen MR) is 122 cm³/mol. The van der Waals surface area contributed by atoms with Crippen LogP contribution in [-0.2, 0) is 14.3 Å². The van der Waals surface area contributed by atoms with Gasteiger partial charge in [-0.25, -0.2) is 9.59 Å². The summed E-state index contributed by atoms with van der Waals surface area (Å²) in [5.41, 5.74) is -0.334. The summed E-state index contributed by atoms with van der Waals surface area (Å²) in [5.74, 6) is -0.630. The van der Waals surface area contributed by atoms with Crippen LogP contribution in [0.25, 0.3) is 22.1 Å². The van der Waals surface area contributed by atoms with Crippen LogP contribution in [-0.4, -0.2) is 37.9 Å². The fourth-order valence-corrected chi connectivity index (χ4v) is 3.14. The lowest BCUT2D eigenvalue weighted by atomic mass is 10.0. The van der Waals surface area contributed by atoms with E-state index >= 15 is 0 Å². The van der Waals surface area contributed by atoms with E-state index in [4.69, 9.17) is 23.4 Å². The molecule has 0 bridgehead atoms. The molecule has 1 heterocycles. The summed E-state index contributed by atoms with van der Waals surface area (Å²) in [5, 5.41) is 0.249. The van der Waals surface area contributed by atoms with Gasteiger partial charge in [0.25, 0.3) is 0 Å². The zero-order chi connectivity index (χ0) is 24.2. The highest BCUT2D eigenvalue weighted by Crippen LogP contribution is 2.28. The van der Waals surface area contributed by atoms with Crippen molar-refractivity contribution in [2.75, 3.05) is 20.3 Å². The van der Waals surface area contributed by atoms with E-state index in [1.54, 1.807) is 58.0 Å². The number of benzene rings is 2. The zero-order valence-corrected chi connectivity index (χ0v) is 19.2. The molecule has 0 aliphatic rings. The van der Waals surface area contributed by atoms with Gasteiger partial charge in [0.2, 0.25) is 11.2 Å².